The Kier molecular flexibility index (Phi) is 60.8. The first-order valence-electron chi connectivity index (χ1n) is 43.2. The average Bonchev–Trinajstić information content (AvgIpc) is 0.783. The first kappa shape index (κ1) is 96.2. The second-order valence-electron chi connectivity index (χ2n) is 31.0. The summed E-state index contributed by atoms with van der Waals surface area (Å²) in [6.45, 7) is 1.77. The van der Waals surface area contributed by atoms with Crippen molar-refractivity contribution >= 4 is 5.91 Å². The summed E-state index contributed by atoms with van der Waals surface area (Å²) in [7, 11) is 0. The largest absolute Gasteiger partial charge is 0.394 e. The minimum absolute atomic E-state index is 0.240. The van der Waals surface area contributed by atoms with Gasteiger partial charge >= 0.3 is 0 Å². The standard InChI is InChI=1S/C85H159NO18/c1-3-5-7-9-11-13-15-17-19-21-23-25-26-27-28-29-30-31-32-33-34-35-36-37-38-39-40-41-42-43-45-47-49-51-53-55-57-59-61-63-73(91)86-68(69(90)62-60-58-56-54-52-50-48-46-44-24-22-20-18-16-14-12-10-8-6-4-2)67-99-83-79(97)76(94)81(71(65-88)101-83)104-85-80(98)77(95)82(72(66-89)102-85)103-84-78(96)75(93)74(92)70(64-87)100-84/h21,23,52,54,60,62,68-72,74-85,87-90,92-98H,3-20,22,24-51,53,55-59,61,63-67H2,1-2H3,(H,86,91)/b23-21-,54-52+,62-60+. The molecule has 3 saturated heterocycles. The summed E-state index contributed by atoms with van der Waals surface area (Å²) in [6.07, 6.45) is 56.0. The van der Waals surface area contributed by atoms with Gasteiger partial charge in [0.05, 0.1) is 38.6 Å². The number of aliphatic hydroxyl groups is 11. The predicted octanol–water partition coefficient (Wildman–Crippen LogP) is 15.5. The number of hydrogen-bond acceptors (Lipinski definition) is 18. The van der Waals surface area contributed by atoms with Crippen LogP contribution in [0.2, 0.25) is 0 Å². The number of unbranched alkanes of at least 4 members (excludes halogenated alkanes) is 50. The van der Waals surface area contributed by atoms with Crippen LogP contribution in [-0.2, 0) is 33.2 Å². The third kappa shape index (κ3) is 44.8. The van der Waals surface area contributed by atoms with E-state index in [4.69, 9.17) is 28.4 Å². The van der Waals surface area contributed by atoms with Crippen LogP contribution in [0.25, 0.3) is 0 Å². The van der Waals surface area contributed by atoms with E-state index in [2.05, 4.69) is 43.5 Å². The molecular weight excluding hydrogens is 1320 g/mol. The van der Waals surface area contributed by atoms with Gasteiger partial charge in [0.15, 0.2) is 18.9 Å². The molecule has 19 heteroatoms. The second-order valence-corrected chi connectivity index (χ2v) is 31.0. The zero-order valence-corrected chi connectivity index (χ0v) is 65.8. The summed E-state index contributed by atoms with van der Waals surface area (Å²) in [4.78, 5) is 13.5. The molecule has 0 saturated carbocycles. The van der Waals surface area contributed by atoms with E-state index in [1.807, 2.05) is 6.08 Å². The summed E-state index contributed by atoms with van der Waals surface area (Å²) >= 11 is 0. The molecule has 612 valence electrons. The first-order valence-corrected chi connectivity index (χ1v) is 43.2. The Labute approximate surface area is 631 Å². The Balaban J connectivity index is 1.30. The van der Waals surface area contributed by atoms with Crippen molar-refractivity contribution in [3.8, 4) is 0 Å². The molecule has 1 amide bonds. The van der Waals surface area contributed by atoms with E-state index in [-0.39, 0.29) is 18.9 Å². The maximum absolute atomic E-state index is 13.5. The fourth-order valence-electron chi connectivity index (χ4n) is 14.7. The molecule has 0 bridgehead atoms. The van der Waals surface area contributed by atoms with Gasteiger partial charge < -0.3 is 89.9 Å². The van der Waals surface area contributed by atoms with Crippen LogP contribution in [0.3, 0.4) is 0 Å². The van der Waals surface area contributed by atoms with Crippen molar-refractivity contribution in [2.45, 2.75) is 471 Å². The molecule has 0 aromatic heterocycles. The second kappa shape index (κ2) is 65.7. The molecule has 12 N–H and O–H groups in total. The van der Waals surface area contributed by atoms with E-state index >= 15 is 0 Å². The minimum Gasteiger partial charge on any atom is -0.394 e. The Bertz CT molecular complexity index is 2020. The number of nitrogens with one attached hydrogen (secondary N) is 1. The van der Waals surface area contributed by atoms with Crippen LogP contribution >= 0.6 is 0 Å². The third-order valence-electron chi connectivity index (χ3n) is 21.7. The van der Waals surface area contributed by atoms with Gasteiger partial charge in [0.25, 0.3) is 0 Å². The summed E-state index contributed by atoms with van der Waals surface area (Å²) < 4.78 is 34.5. The monoisotopic (exact) mass is 1480 g/mol. The number of rotatable bonds is 70. The van der Waals surface area contributed by atoms with Crippen LogP contribution in [0.5, 0.6) is 0 Å². The highest BCUT2D eigenvalue weighted by molar-refractivity contribution is 5.76. The molecular formula is C85H159NO18. The summed E-state index contributed by atoms with van der Waals surface area (Å²) in [5.74, 6) is -0.278. The van der Waals surface area contributed by atoms with Crippen molar-refractivity contribution in [3.63, 3.8) is 0 Å². The SMILES string of the molecule is CCCCCCCCCC/C=C\CCCCCCCCCCCCCCCCCCCCCCCCCCCCCC(=O)NC(COC1OC(CO)C(OC2OC(CO)C(OC3OC(CO)C(O)C(O)C3O)C(O)C2O)C(O)C1O)C(O)/C=C/CC/C=C/CCCCCCCCCCCCCCCC. The van der Waals surface area contributed by atoms with E-state index in [9.17, 15) is 61.0 Å². The molecule has 0 radical (unpaired) electrons. The molecule has 3 aliphatic heterocycles. The van der Waals surface area contributed by atoms with Crippen LogP contribution < -0.4 is 5.32 Å². The lowest BCUT2D eigenvalue weighted by Gasteiger charge is -2.48. The fraction of sp³-hybridized carbons (Fsp3) is 0.918. The van der Waals surface area contributed by atoms with Crippen LogP contribution in [0.4, 0.5) is 0 Å². The summed E-state index contributed by atoms with van der Waals surface area (Å²) in [5.41, 5.74) is 0. The van der Waals surface area contributed by atoms with E-state index in [0.717, 1.165) is 38.5 Å². The molecule has 0 aromatic carbocycles. The topological polar surface area (TPSA) is 307 Å². The first-order chi connectivity index (χ1) is 50.8. The number of allylic oxidation sites excluding steroid dienone is 5. The Morgan fingerprint density at radius 3 is 0.962 bits per heavy atom. The van der Waals surface area contributed by atoms with Crippen molar-refractivity contribution in [1.82, 2.24) is 5.32 Å². The van der Waals surface area contributed by atoms with Crippen molar-refractivity contribution in [2.75, 3.05) is 26.4 Å². The van der Waals surface area contributed by atoms with Crippen LogP contribution in [0.15, 0.2) is 36.5 Å². The van der Waals surface area contributed by atoms with E-state index in [1.165, 1.54) is 295 Å². The number of carbonyl (C=O) groups is 1. The minimum atomic E-state index is -1.98. The number of ether oxygens (including phenoxy) is 6. The smallest absolute Gasteiger partial charge is 0.220 e. The molecule has 104 heavy (non-hydrogen) atoms. The fourth-order valence-corrected chi connectivity index (χ4v) is 14.7. The van der Waals surface area contributed by atoms with E-state index in [1.54, 1.807) is 6.08 Å². The Morgan fingerprint density at radius 2 is 0.615 bits per heavy atom. The molecule has 19 nitrogen and oxygen atoms in total. The quantitative estimate of drug-likeness (QED) is 0.0199. The van der Waals surface area contributed by atoms with Crippen molar-refractivity contribution in [3.05, 3.63) is 36.5 Å². The molecule has 17 unspecified atom stereocenters. The van der Waals surface area contributed by atoms with E-state index in [0.29, 0.717) is 12.8 Å². The molecule has 3 rings (SSSR count). The van der Waals surface area contributed by atoms with Crippen molar-refractivity contribution < 1.29 is 89.4 Å². The number of aliphatic hydroxyl groups excluding tert-OH is 11. The highest BCUT2D eigenvalue weighted by Crippen LogP contribution is 2.33. The summed E-state index contributed by atoms with van der Waals surface area (Å²) in [6, 6.07) is -0.989. The zero-order chi connectivity index (χ0) is 75.3. The van der Waals surface area contributed by atoms with Crippen molar-refractivity contribution in [1.29, 1.82) is 0 Å². The molecule has 0 aromatic rings. The van der Waals surface area contributed by atoms with E-state index < -0.39 is 124 Å². The number of amides is 1. The van der Waals surface area contributed by atoms with Gasteiger partial charge in [-0.05, 0) is 57.8 Å². The van der Waals surface area contributed by atoms with Crippen molar-refractivity contribution in [2.24, 2.45) is 0 Å². The molecule has 3 aliphatic rings. The molecule has 0 aliphatic carbocycles. The highest BCUT2D eigenvalue weighted by atomic mass is 16.8. The molecule has 17 atom stereocenters. The lowest BCUT2D eigenvalue weighted by Crippen LogP contribution is -2.66. The van der Waals surface area contributed by atoms with Gasteiger partial charge in [-0.3, -0.25) is 4.79 Å². The average molecular weight is 1480 g/mol. The van der Waals surface area contributed by atoms with Gasteiger partial charge in [-0.25, -0.2) is 0 Å². The zero-order valence-electron chi connectivity index (χ0n) is 65.8. The normalized spacial score (nSPS) is 26.0. The van der Waals surface area contributed by atoms with Gasteiger partial charge in [-0.1, -0.05) is 339 Å². The highest BCUT2D eigenvalue weighted by Gasteiger charge is 2.54. The van der Waals surface area contributed by atoms with Crippen LogP contribution in [0.1, 0.15) is 367 Å². The molecule has 0 spiro atoms. The Hall–Kier alpha value is -1.99. The van der Waals surface area contributed by atoms with Gasteiger partial charge in [0, 0.05) is 6.42 Å². The Morgan fingerprint density at radius 1 is 0.337 bits per heavy atom. The van der Waals surface area contributed by atoms with Gasteiger partial charge in [0.1, 0.15) is 73.2 Å². The van der Waals surface area contributed by atoms with Gasteiger partial charge in [0.2, 0.25) is 5.91 Å². The van der Waals surface area contributed by atoms with Gasteiger partial charge in [-0.2, -0.15) is 0 Å². The summed E-state index contributed by atoms with van der Waals surface area (Å²) in [5, 5.41) is 121. The lowest BCUT2D eigenvalue weighted by atomic mass is 9.96. The van der Waals surface area contributed by atoms with Crippen LogP contribution in [0, 0.1) is 0 Å². The number of hydrogen-bond donors (Lipinski definition) is 12. The predicted molar refractivity (Wildman–Crippen MR) is 416 cm³/mol. The lowest BCUT2D eigenvalue weighted by molar-refractivity contribution is -0.379. The molecule has 3 fully saturated rings. The van der Waals surface area contributed by atoms with Crippen LogP contribution in [-0.4, -0.2) is 193 Å². The maximum Gasteiger partial charge on any atom is 0.220 e. The maximum atomic E-state index is 13.5. The van der Waals surface area contributed by atoms with Gasteiger partial charge in [-0.15, -0.1) is 0 Å². The molecule has 3 heterocycles. The number of carbonyl (C=O) groups excluding carboxylic acids is 1. The third-order valence-corrected chi connectivity index (χ3v) is 21.7.